The lowest BCUT2D eigenvalue weighted by Gasteiger charge is -2.10. The van der Waals surface area contributed by atoms with Crippen LogP contribution in [0.15, 0.2) is 29.5 Å². The van der Waals surface area contributed by atoms with Crippen molar-refractivity contribution >= 4 is 17.6 Å². The van der Waals surface area contributed by atoms with Crippen LogP contribution in [-0.4, -0.2) is 24.2 Å². The van der Waals surface area contributed by atoms with Crippen molar-refractivity contribution in [3.05, 3.63) is 46.4 Å². The molecule has 0 aliphatic carbocycles. The molecule has 0 saturated heterocycles. The molecule has 24 heavy (non-hydrogen) atoms. The normalized spacial score (nSPS) is 12.4. The highest BCUT2D eigenvalue weighted by atomic mass is 19.4. The van der Waals surface area contributed by atoms with Gasteiger partial charge in [0.2, 0.25) is 0 Å². The highest BCUT2D eigenvalue weighted by Gasteiger charge is 2.34. The van der Waals surface area contributed by atoms with Crippen LogP contribution in [0.3, 0.4) is 0 Å². The molecule has 0 amide bonds. The molecular formula is C14H13F4N3O3. The van der Waals surface area contributed by atoms with Crippen molar-refractivity contribution in [2.45, 2.75) is 13.1 Å². The maximum atomic E-state index is 13.4. The molecular weight excluding hydrogens is 334 g/mol. The summed E-state index contributed by atoms with van der Waals surface area (Å²) in [5, 5.41) is 7.17. The highest BCUT2D eigenvalue weighted by molar-refractivity contribution is 6.17. The van der Waals surface area contributed by atoms with Gasteiger partial charge in [-0.1, -0.05) is 6.07 Å². The first-order chi connectivity index (χ1) is 10.9. The minimum Gasteiger partial charge on any atom is -0.454 e. The average molecular weight is 347 g/mol. The lowest BCUT2D eigenvalue weighted by atomic mass is 10.1. The van der Waals surface area contributed by atoms with Crippen LogP contribution in [0, 0.1) is 11.2 Å². The third-order valence-corrected chi connectivity index (χ3v) is 2.80. The summed E-state index contributed by atoms with van der Waals surface area (Å²) < 4.78 is 55.3. The van der Waals surface area contributed by atoms with Crippen LogP contribution in [0.2, 0.25) is 0 Å². The van der Waals surface area contributed by atoms with Gasteiger partial charge in [0.25, 0.3) is 0 Å². The fourth-order valence-corrected chi connectivity index (χ4v) is 1.69. The second-order valence-electron chi connectivity index (χ2n) is 4.66. The topological polar surface area (TPSA) is 119 Å². The predicted octanol–water partition coefficient (Wildman–Crippen LogP) is 1.74. The Balaban J connectivity index is 2.87. The molecule has 10 heteroatoms. The maximum absolute atomic E-state index is 13.4. The van der Waals surface area contributed by atoms with Crippen LogP contribution in [-0.2, 0) is 15.7 Å². The van der Waals surface area contributed by atoms with Crippen LogP contribution in [0.25, 0.3) is 0 Å². The van der Waals surface area contributed by atoms with Crippen molar-refractivity contribution in [2.24, 2.45) is 11.5 Å². The van der Waals surface area contributed by atoms with Gasteiger partial charge >= 0.3 is 12.1 Å². The molecule has 130 valence electrons. The van der Waals surface area contributed by atoms with Gasteiger partial charge in [-0.2, -0.15) is 13.2 Å². The second-order valence-corrected chi connectivity index (χ2v) is 4.66. The molecule has 0 heterocycles. The van der Waals surface area contributed by atoms with Crippen LogP contribution in [0.1, 0.15) is 22.8 Å². The number of esters is 1. The van der Waals surface area contributed by atoms with E-state index >= 15 is 0 Å². The Hall–Kier alpha value is -2.91. The molecule has 5 N–H and O–H groups in total. The number of hydrogen-bond acceptors (Lipinski definition) is 5. The first-order valence-electron chi connectivity index (χ1n) is 6.33. The Morgan fingerprint density at radius 1 is 1.25 bits per heavy atom. The van der Waals surface area contributed by atoms with E-state index in [9.17, 15) is 27.2 Å². The van der Waals surface area contributed by atoms with E-state index < -0.39 is 52.9 Å². The Morgan fingerprint density at radius 2 is 1.83 bits per heavy atom. The number of ketones is 1. The van der Waals surface area contributed by atoms with E-state index in [1.54, 1.807) is 0 Å². The Morgan fingerprint density at radius 3 is 2.25 bits per heavy atom. The van der Waals surface area contributed by atoms with Crippen molar-refractivity contribution in [3.63, 3.8) is 0 Å². The number of alkyl halides is 3. The summed E-state index contributed by atoms with van der Waals surface area (Å²) >= 11 is 0. The summed E-state index contributed by atoms with van der Waals surface area (Å²) in [4.78, 5) is 23.4. The van der Waals surface area contributed by atoms with Crippen molar-refractivity contribution in [1.82, 2.24) is 0 Å². The van der Waals surface area contributed by atoms with Gasteiger partial charge in [0.1, 0.15) is 17.2 Å². The third-order valence-electron chi connectivity index (χ3n) is 2.80. The van der Waals surface area contributed by atoms with Crippen LogP contribution in [0.5, 0.6) is 0 Å². The molecule has 0 saturated carbocycles. The van der Waals surface area contributed by atoms with E-state index in [-0.39, 0.29) is 5.70 Å². The molecule has 0 aliphatic rings. The number of nitrogens with two attached hydrogens (primary N) is 2. The summed E-state index contributed by atoms with van der Waals surface area (Å²) in [7, 11) is 0. The molecule has 0 atom stereocenters. The molecule has 0 aromatic heterocycles. The van der Waals surface area contributed by atoms with Crippen LogP contribution in [0.4, 0.5) is 17.6 Å². The molecule has 1 aromatic rings. The van der Waals surface area contributed by atoms with Crippen molar-refractivity contribution in [3.8, 4) is 0 Å². The number of hydrogen-bond donors (Lipinski definition) is 3. The number of Topliss-reactive ketones (excluding diaryl/α,β-unsaturated/α-hetero) is 1. The summed E-state index contributed by atoms with van der Waals surface area (Å²) in [5.41, 5.74) is 8.01. The minimum atomic E-state index is -4.89. The third kappa shape index (κ3) is 4.54. The van der Waals surface area contributed by atoms with Gasteiger partial charge < -0.3 is 16.2 Å². The van der Waals surface area contributed by atoms with Crippen LogP contribution < -0.4 is 11.5 Å². The van der Waals surface area contributed by atoms with Crippen LogP contribution >= 0.6 is 0 Å². The smallest absolute Gasteiger partial charge is 0.419 e. The number of allylic oxidation sites excluding steroid dienone is 1. The minimum absolute atomic E-state index is 0.111. The molecule has 1 aromatic carbocycles. The zero-order valence-electron chi connectivity index (χ0n) is 12.3. The van der Waals surface area contributed by atoms with E-state index in [1.807, 2.05) is 0 Å². The molecule has 0 spiro atoms. The second kappa shape index (κ2) is 7.11. The fraction of sp³-hybridized carbons (Fsp3) is 0.214. The van der Waals surface area contributed by atoms with E-state index in [0.29, 0.717) is 12.1 Å². The number of ether oxygens (including phenoxy) is 1. The largest absolute Gasteiger partial charge is 0.454 e. The first kappa shape index (κ1) is 19.1. The molecule has 0 unspecified atom stereocenters. The molecule has 0 bridgehead atoms. The van der Waals surface area contributed by atoms with Crippen molar-refractivity contribution in [2.75, 3.05) is 6.61 Å². The average Bonchev–Trinajstić information content (AvgIpc) is 2.42. The number of carbonyl (C=O) groups is 2. The van der Waals surface area contributed by atoms with E-state index in [0.717, 1.165) is 6.07 Å². The Labute approximate surface area is 133 Å². The van der Waals surface area contributed by atoms with Gasteiger partial charge in [-0.15, -0.1) is 0 Å². The fourth-order valence-electron chi connectivity index (χ4n) is 1.69. The number of rotatable bonds is 5. The van der Waals surface area contributed by atoms with Gasteiger partial charge in [0, 0.05) is 11.3 Å². The summed E-state index contributed by atoms with van der Waals surface area (Å²) in [5.74, 6) is -4.38. The molecule has 0 radical (unpaired) electrons. The monoisotopic (exact) mass is 347 g/mol. The number of halogens is 4. The standard InChI is InChI=1S/C14H13F4N3O3/c1-6(19)11(12(20)21)13(23)24-5-10(22)7-2-3-8(9(15)4-7)14(16,17)18/h2-4H,5,19H2,1H3,(H3,20,21). The van der Waals surface area contributed by atoms with Crippen molar-refractivity contribution in [1.29, 1.82) is 5.41 Å². The SMILES string of the molecule is CC(N)=C(C(=N)N)C(=O)OCC(=O)c1ccc(C(F)(F)F)c(F)c1. The number of nitrogens with one attached hydrogen (secondary N) is 1. The van der Waals surface area contributed by atoms with Crippen molar-refractivity contribution < 1.29 is 31.9 Å². The lowest BCUT2D eigenvalue weighted by molar-refractivity contribution is -0.140. The number of amidine groups is 1. The Kier molecular flexibility index (Phi) is 5.67. The number of benzene rings is 1. The summed E-state index contributed by atoms with van der Waals surface area (Å²) in [6.45, 7) is 0.402. The van der Waals surface area contributed by atoms with Gasteiger partial charge in [-0.3, -0.25) is 10.2 Å². The first-order valence-corrected chi connectivity index (χ1v) is 6.33. The molecule has 0 aliphatic heterocycles. The van der Waals surface area contributed by atoms with E-state index in [2.05, 4.69) is 4.74 Å². The summed E-state index contributed by atoms with van der Waals surface area (Å²) in [6.07, 6.45) is -4.89. The molecule has 0 fully saturated rings. The van der Waals surface area contributed by atoms with Gasteiger partial charge in [0.05, 0.1) is 5.56 Å². The number of carbonyl (C=O) groups excluding carboxylic acids is 2. The van der Waals surface area contributed by atoms with E-state index in [4.69, 9.17) is 16.9 Å². The predicted molar refractivity (Wildman–Crippen MR) is 75.5 cm³/mol. The highest BCUT2D eigenvalue weighted by Crippen LogP contribution is 2.31. The lowest BCUT2D eigenvalue weighted by Crippen LogP contribution is -2.26. The zero-order valence-corrected chi connectivity index (χ0v) is 12.3. The quantitative estimate of drug-likeness (QED) is 0.187. The van der Waals surface area contributed by atoms with Gasteiger partial charge in [0.15, 0.2) is 12.4 Å². The van der Waals surface area contributed by atoms with Gasteiger partial charge in [-0.05, 0) is 19.1 Å². The van der Waals surface area contributed by atoms with E-state index in [1.165, 1.54) is 6.92 Å². The summed E-state index contributed by atoms with van der Waals surface area (Å²) in [6, 6.07) is 1.57. The Bertz CT molecular complexity index is 722. The van der Waals surface area contributed by atoms with Gasteiger partial charge in [-0.25, -0.2) is 9.18 Å². The molecule has 6 nitrogen and oxygen atoms in total. The molecule has 1 rings (SSSR count). The zero-order chi connectivity index (χ0) is 18.7. The maximum Gasteiger partial charge on any atom is 0.419 e.